The number of ether oxygens (including phenoxy) is 1. The Bertz CT molecular complexity index is 542. The highest BCUT2D eigenvalue weighted by atomic mass is 79.9. The van der Waals surface area contributed by atoms with Crippen molar-refractivity contribution in [2.24, 2.45) is 5.41 Å². The standard InChI is InChI=1S/C12H18BrN3O3S/c1-20(17,18)9-12(2-4-19-5-3-12)8-16-11-14-6-10(13)7-15-11/h6-7H,2-5,8-9H2,1H3,(H,14,15,16). The lowest BCUT2D eigenvalue weighted by Gasteiger charge is -2.36. The Balaban J connectivity index is 2.06. The maximum atomic E-state index is 11.7. The predicted octanol–water partition coefficient (Wildman–Crippen LogP) is 1.49. The summed E-state index contributed by atoms with van der Waals surface area (Å²) >= 11 is 3.27. The largest absolute Gasteiger partial charge is 0.381 e. The van der Waals surface area contributed by atoms with E-state index in [4.69, 9.17) is 4.74 Å². The van der Waals surface area contributed by atoms with Gasteiger partial charge in [0, 0.05) is 43.8 Å². The van der Waals surface area contributed by atoms with Gasteiger partial charge in [-0.15, -0.1) is 0 Å². The first kappa shape index (κ1) is 15.7. The van der Waals surface area contributed by atoms with Crippen LogP contribution in [0.3, 0.4) is 0 Å². The van der Waals surface area contributed by atoms with Gasteiger partial charge in [0.1, 0.15) is 9.84 Å². The van der Waals surface area contributed by atoms with Crippen molar-refractivity contribution >= 4 is 31.7 Å². The molecule has 2 heterocycles. The number of aromatic nitrogens is 2. The minimum Gasteiger partial charge on any atom is -0.381 e. The minimum absolute atomic E-state index is 0.160. The molecule has 1 aliphatic heterocycles. The Hall–Kier alpha value is -0.730. The van der Waals surface area contributed by atoms with Gasteiger partial charge < -0.3 is 10.1 Å². The van der Waals surface area contributed by atoms with E-state index in [1.54, 1.807) is 12.4 Å². The van der Waals surface area contributed by atoms with E-state index < -0.39 is 9.84 Å². The molecule has 2 rings (SSSR count). The molecular weight excluding hydrogens is 346 g/mol. The predicted molar refractivity (Wildman–Crippen MR) is 80.4 cm³/mol. The second-order valence-electron chi connectivity index (χ2n) is 5.26. The minimum atomic E-state index is -3.04. The molecule has 1 aromatic rings. The van der Waals surface area contributed by atoms with Crippen molar-refractivity contribution in [2.45, 2.75) is 12.8 Å². The lowest BCUT2D eigenvalue weighted by atomic mass is 9.82. The molecule has 1 aromatic heterocycles. The first-order valence-corrected chi connectivity index (χ1v) is 9.21. The van der Waals surface area contributed by atoms with Gasteiger partial charge in [0.25, 0.3) is 0 Å². The average Bonchev–Trinajstić information content (AvgIpc) is 2.37. The van der Waals surface area contributed by atoms with Gasteiger partial charge in [-0.05, 0) is 28.8 Å². The number of nitrogens with one attached hydrogen (secondary N) is 1. The zero-order valence-electron chi connectivity index (χ0n) is 11.3. The molecule has 6 nitrogen and oxygen atoms in total. The summed E-state index contributed by atoms with van der Waals surface area (Å²) in [5, 5.41) is 3.14. The van der Waals surface area contributed by atoms with Crippen molar-refractivity contribution in [1.29, 1.82) is 0 Å². The molecule has 0 aliphatic carbocycles. The van der Waals surface area contributed by atoms with Crippen LogP contribution in [0.25, 0.3) is 0 Å². The van der Waals surface area contributed by atoms with E-state index >= 15 is 0 Å². The molecule has 1 saturated heterocycles. The Kier molecular flexibility index (Phi) is 4.98. The quantitative estimate of drug-likeness (QED) is 0.853. The second kappa shape index (κ2) is 6.36. The number of halogens is 1. The van der Waals surface area contributed by atoms with Gasteiger partial charge in [-0.1, -0.05) is 0 Å². The van der Waals surface area contributed by atoms with Crippen molar-refractivity contribution in [3.8, 4) is 0 Å². The fourth-order valence-electron chi connectivity index (χ4n) is 2.40. The van der Waals surface area contributed by atoms with E-state index in [-0.39, 0.29) is 11.2 Å². The Labute approximate surface area is 127 Å². The van der Waals surface area contributed by atoms with Gasteiger partial charge in [-0.2, -0.15) is 0 Å². The normalized spacial score (nSPS) is 18.7. The summed E-state index contributed by atoms with van der Waals surface area (Å²) in [5.74, 6) is 0.667. The van der Waals surface area contributed by atoms with Crippen LogP contribution in [0, 0.1) is 5.41 Å². The molecule has 0 radical (unpaired) electrons. The van der Waals surface area contributed by atoms with Crippen LogP contribution in [0.2, 0.25) is 0 Å². The topological polar surface area (TPSA) is 81.2 Å². The molecule has 0 atom stereocenters. The lowest BCUT2D eigenvalue weighted by Crippen LogP contribution is -2.41. The fourth-order valence-corrected chi connectivity index (χ4v) is 4.11. The van der Waals surface area contributed by atoms with Gasteiger partial charge in [0.2, 0.25) is 5.95 Å². The SMILES string of the molecule is CS(=O)(=O)CC1(CNc2ncc(Br)cn2)CCOCC1. The number of hydrogen-bond donors (Lipinski definition) is 1. The highest BCUT2D eigenvalue weighted by Gasteiger charge is 2.36. The van der Waals surface area contributed by atoms with Gasteiger partial charge in [0.05, 0.1) is 10.2 Å². The summed E-state index contributed by atoms with van der Waals surface area (Å²) in [5.41, 5.74) is -0.303. The van der Waals surface area contributed by atoms with Crippen LogP contribution < -0.4 is 5.32 Å². The summed E-state index contributed by atoms with van der Waals surface area (Å²) in [6.45, 7) is 1.72. The van der Waals surface area contributed by atoms with Crippen LogP contribution in [-0.4, -0.2) is 50.2 Å². The van der Waals surface area contributed by atoms with Crippen LogP contribution in [0.4, 0.5) is 5.95 Å². The second-order valence-corrected chi connectivity index (χ2v) is 8.32. The molecule has 0 spiro atoms. The van der Waals surface area contributed by atoms with Crippen LogP contribution >= 0.6 is 15.9 Å². The summed E-state index contributed by atoms with van der Waals surface area (Å²) in [6.07, 6.45) is 6.04. The molecule has 1 fully saturated rings. The molecule has 1 aliphatic rings. The highest BCUT2D eigenvalue weighted by molar-refractivity contribution is 9.10. The van der Waals surface area contributed by atoms with E-state index in [9.17, 15) is 8.42 Å². The number of nitrogens with zero attached hydrogens (tertiary/aromatic N) is 2. The summed E-state index contributed by atoms with van der Waals surface area (Å²) in [4.78, 5) is 8.28. The third-order valence-corrected chi connectivity index (χ3v) is 4.91. The molecule has 8 heteroatoms. The van der Waals surface area contributed by atoms with Gasteiger partial charge in [0.15, 0.2) is 0 Å². The number of hydrogen-bond acceptors (Lipinski definition) is 6. The average molecular weight is 364 g/mol. The first-order chi connectivity index (χ1) is 9.39. The summed E-state index contributed by atoms with van der Waals surface area (Å²) in [6, 6.07) is 0. The zero-order valence-corrected chi connectivity index (χ0v) is 13.7. The molecule has 0 bridgehead atoms. The van der Waals surface area contributed by atoms with Crippen LogP contribution in [0.15, 0.2) is 16.9 Å². The maximum Gasteiger partial charge on any atom is 0.222 e. The third kappa shape index (κ3) is 4.68. The maximum absolute atomic E-state index is 11.7. The van der Waals surface area contributed by atoms with E-state index in [1.165, 1.54) is 6.26 Å². The van der Waals surface area contributed by atoms with Crippen LogP contribution in [0.1, 0.15) is 12.8 Å². The van der Waals surface area contributed by atoms with E-state index in [0.29, 0.717) is 25.7 Å². The molecule has 0 aromatic carbocycles. The lowest BCUT2D eigenvalue weighted by molar-refractivity contribution is 0.0314. The molecule has 112 valence electrons. The van der Waals surface area contributed by atoms with Crippen LogP contribution in [0.5, 0.6) is 0 Å². The van der Waals surface area contributed by atoms with Crippen molar-refractivity contribution in [2.75, 3.05) is 37.1 Å². The van der Waals surface area contributed by atoms with E-state index in [1.807, 2.05) is 0 Å². The number of rotatable bonds is 5. The zero-order chi connectivity index (χ0) is 14.6. The first-order valence-electron chi connectivity index (χ1n) is 6.36. The third-order valence-electron chi connectivity index (χ3n) is 3.36. The molecule has 0 amide bonds. The van der Waals surface area contributed by atoms with Crippen LogP contribution in [-0.2, 0) is 14.6 Å². The van der Waals surface area contributed by atoms with Crippen molar-refractivity contribution in [3.63, 3.8) is 0 Å². The summed E-state index contributed by atoms with van der Waals surface area (Å²) < 4.78 is 29.5. The van der Waals surface area contributed by atoms with E-state index in [2.05, 4.69) is 31.2 Å². The summed E-state index contributed by atoms with van der Waals surface area (Å²) in [7, 11) is -3.04. The van der Waals surface area contributed by atoms with Gasteiger partial charge in [-0.3, -0.25) is 0 Å². The smallest absolute Gasteiger partial charge is 0.222 e. The monoisotopic (exact) mass is 363 g/mol. The van der Waals surface area contributed by atoms with Crippen molar-refractivity contribution < 1.29 is 13.2 Å². The Morgan fingerprint density at radius 1 is 1.35 bits per heavy atom. The Morgan fingerprint density at radius 2 is 1.95 bits per heavy atom. The molecular formula is C12H18BrN3O3S. The number of sulfone groups is 1. The van der Waals surface area contributed by atoms with Crippen molar-refractivity contribution in [1.82, 2.24) is 9.97 Å². The molecule has 20 heavy (non-hydrogen) atoms. The van der Waals surface area contributed by atoms with E-state index in [0.717, 1.165) is 17.3 Å². The number of anilines is 1. The molecule has 0 saturated carbocycles. The molecule has 0 unspecified atom stereocenters. The van der Waals surface area contributed by atoms with Gasteiger partial charge >= 0.3 is 0 Å². The fraction of sp³-hybridized carbons (Fsp3) is 0.667. The highest BCUT2D eigenvalue weighted by Crippen LogP contribution is 2.32. The Morgan fingerprint density at radius 3 is 2.50 bits per heavy atom. The molecule has 1 N–H and O–H groups in total. The van der Waals surface area contributed by atoms with Gasteiger partial charge in [-0.25, -0.2) is 18.4 Å². The van der Waals surface area contributed by atoms with Crippen molar-refractivity contribution in [3.05, 3.63) is 16.9 Å².